The van der Waals surface area contributed by atoms with Gasteiger partial charge in [-0.25, -0.2) is 15.0 Å². The summed E-state index contributed by atoms with van der Waals surface area (Å²) >= 11 is 6.57. The third-order valence-corrected chi connectivity index (χ3v) is 7.81. The van der Waals surface area contributed by atoms with Crippen LogP contribution >= 0.6 is 39.2 Å². The second-order valence-electron chi connectivity index (χ2n) is 7.22. The number of halogens is 1. The van der Waals surface area contributed by atoms with Gasteiger partial charge in [-0.15, -0.1) is 0 Å². The number of imidazole rings is 1. The normalized spacial score (nSPS) is 23.9. The van der Waals surface area contributed by atoms with Gasteiger partial charge in [-0.1, -0.05) is 17.8 Å². The molecule has 3 aromatic heterocycles. The summed E-state index contributed by atoms with van der Waals surface area (Å²) < 4.78 is 12.5. The summed E-state index contributed by atoms with van der Waals surface area (Å²) in [5, 5.41) is 31.0. The van der Waals surface area contributed by atoms with E-state index in [4.69, 9.17) is 4.74 Å². The van der Waals surface area contributed by atoms with Crippen molar-refractivity contribution in [2.24, 2.45) is 0 Å². The van der Waals surface area contributed by atoms with E-state index in [2.05, 4.69) is 47.4 Å². The predicted octanol–water partition coefficient (Wildman–Crippen LogP) is 2.32. The Hall–Kier alpha value is -1.67. The van der Waals surface area contributed by atoms with E-state index in [1.807, 2.05) is 10.6 Å². The molecule has 5 rings (SSSR count). The van der Waals surface area contributed by atoms with E-state index in [-0.39, 0.29) is 0 Å². The molecular weight excluding hydrogens is 506 g/mol. The van der Waals surface area contributed by atoms with Crippen molar-refractivity contribution in [2.75, 3.05) is 0 Å². The van der Waals surface area contributed by atoms with Crippen LogP contribution in [0.3, 0.4) is 0 Å². The van der Waals surface area contributed by atoms with Gasteiger partial charge in [0.25, 0.3) is 0 Å². The summed E-state index contributed by atoms with van der Waals surface area (Å²) in [5.41, 5.74) is 3.53. The maximum absolute atomic E-state index is 9.97. The minimum absolute atomic E-state index is 0.400. The molecule has 1 fully saturated rings. The van der Waals surface area contributed by atoms with Crippen molar-refractivity contribution in [2.45, 2.75) is 48.3 Å². The van der Waals surface area contributed by atoms with Crippen LogP contribution in [0, 0.1) is 0 Å². The van der Waals surface area contributed by atoms with Gasteiger partial charge in [0.15, 0.2) is 11.9 Å². The first-order valence-electron chi connectivity index (χ1n) is 9.53. The molecule has 0 amide bonds. The van der Waals surface area contributed by atoms with E-state index in [1.165, 1.54) is 17.9 Å². The van der Waals surface area contributed by atoms with Crippen molar-refractivity contribution in [3.05, 3.63) is 40.2 Å². The lowest BCUT2D eigenvalue weighted by molar-refractivity contribution is -0.128. The second-order valence-corrected chi connectivity index (χ2v) is 10.3. The van der Waals surface area contributed by atoms with E-state index < -0.39 is 24.6 Å². The van der Waals surface area contributed by atoms with Gasteiger partial charge < -0.3 is 24.6 Å². The van der Waals surface area contributed by atoms with Crippen LogP contribution in [0.1, 0.15) is 12.0 Å². The summed E-state index contributed by atoms with van der Waals surface area (Å²) in [6.45, 7) is 0.467. The van der Waals surface area contributed by atoms with E-state index in [9.17, 15) is 15.3 Å². The van der Waals surface area contributed by atoms with Gasteiger partial charge in [0.05, 0.1) is 21.7 Å². The molecule has 1 aliphatic heterocycles. The molecule has 0 saturated carbocycles. The molecular formula is C19H18BrN5O4S2. The standard InChI is InChI=1S/C19H18BrN5O4S2/c20-16-10-5-9(1-2-11(10)24-31-16)6-30-18-13-17(21-7-22-18)25(8-23-13)4-3-12-14(26)15(27)19(28)29-12/h1-2,5,7-8,12,14-15,19,26-28H,3-4,6H2. The van der Waals surface area contributed by atoms with Gasteiger partial charge in [0.2, 0.25) is 0 Å². The first-order valence-corrected chi connectivity index (χ1v) is 12.1. The molecule has 1 aliphatic rings. The Morgan fingerprint density at radius 1 is 1.16 bits per heavy atom. The molecule has 4 heterocycles. The molecule has 4 aromatic rings. The first-order chi connectivity index (χ1) is 15.0. The first kappa shape index (κ1) is 21.2. The zero-order valence-corrected chi connectivity index (χ0v) is 19.2. The molecule has 31 heavy (non-hydrogen) atoms. The molecule has 162 valence electrons. The third-order valence-electron chi connectivity index (χ3n) is 5.23. The summed E-state index contributed by atoms with van der Waals surface area (Å²) in [4.78, 5) is 13.2. The van der Waals surface area contributed by atoms with Crippen LogP contribution < -0.4 is 0 Å². The maximum Gasteiger partial charge on any atom is 0.183 e. The van der Waals surface area contributed by atoms with E-state index in [1.54, 1.807) is 18.1 Å². The topological polar surface area (TPSA) is 126 Å². The number of thioether (sulfide) groups is 1. The number of hydrogen-bond donors (Lipinski definition) is 3. The number of aliphatic hydroxyl groups excluding tert-OH is 3. The number of aryl methyl sites for hydroxylation is 1. The SMILES string of the molecule is OC1OC(CCn2cnc3c(SCc4ccc5nsc(Br)c5c4)ncnc32)C(O)C1O. The number of ether oxygens (including phenoxy) is 1. The summed E-state index contributed by atoms with van der Waals surface area (Å²) in [7, 11) is 0. The fourth-order valence-corrected chi connectivity index (χ4v) is 5.58. The number of fused-ring (bicyclic) bond motifs is 2. The molecule has 0 aliphatic carbocycles. The van der Waals surface area contributed by atoms with Crippen LogP contribution in [0.4, 0.5) is 0 Å². The van der Waals surface area contributed by atoms with Gasteiger partial charge in [-0.05, 0) is 51.6 Å². The molecule has 4 atom stereocenters. The molecule has 0 radical (unpaired) electrons. The highest BCUT2D eigenvalue weighted by Crippen LogP contribution is 2.32. The highest BCUT2D eigenvalue weighted by Gasteiger charge is 2.41. The zero-order chi connectivity index (χ0) is 21.5. The predicted molar refractivity (Wildman–Crippen MR) is 120 cm³/mol. The number of aliphatic hydroxyl groups is 3. The lowest BCUT2D eigenvalue weighted by Gasteiger charge is -2.14. The van der Waals surface area contributed by atoms with Crippen molar-refractivity contribution < 1.29 is 20.1 Å². The van der Waals surface area contributed by atoms with Crippen molar-refractivity contribution in [1.82, 2.24) is 23.9 Å². The summed E-state index contributed by atoms with van der Waals surface area (Å²) in [6, 6.07) is 6.21. The number of hydrogen-bond acceptors (Lipinski definition) is 10. The second kappa shape index (κ2) is 8.70. The van der Waals surface area contributed by atoms with Crippen LogP contribution in [0.25, 0.3) is 22.1 Å². The Kier molecular flexibility index (Phi) is 5.94. The molecule has 1 saturated heterocycles. The number of benzene rings is 1. The molecule has 0 bridgehead atoms. The van der Waals surface area contributed by atoms with Crippen molar-refractivity contribution in [3.8, 4) is 0 Å². The average Bonchev–Trinajstić information content (AvgIpc) is 3.43. The Morgan fingerprint density at radius 3 is 2.84 bits per heavy atom. The lowest BCUT2D eigenvalue weighted by atomic mass is 10.1. The molecule has 0 spiro atoms. The van der Waals surface area contributed by atoms with Gasteiger partial charge in [0, 0.05) is 17.7 Å². The molecule has 4 unspecified atom stereocenters. The Bertz CT molecular complexity index is 1230. The van der Waals surface area contributed by atoms with Crippen LogP contribution in [0.5, 0.6) is 0 Å². The average molecular weight is 524 g/mol. The fourth-order valence-electron chi connectivity index (χ4n) is 3.56. The highest BCUT2D eigenvalue weighted by atomic mass is 79.9. The molecule has 1 aromatic carbocycles. The number of aromatic nitrogens is 5. The number of nitrogens with zero attached hydrogens (tertiary/aromatic N) is 5. The third kappa shape index (κ3) is 4.09. The minimum atomic E-state index is -1.37. The molecule has 12 heteroatoms. The Balaban J connectivity index is 1.30. The monoisotopic (exact) mass is 523 g/mol. The van der Waals surface area contributed by atoms with Gasteiger partial charge >= 0.3 is 0 Å². The Morgan fingerprint density at radius 2 is 2.03 bits per heavy atom. The van der Waals surface area contributed by atoms with E-state index in [0.29, 0.717) is 24.1 Å². The quantitative estimate of drug-likeness (QED) is 0.257. The van der Waals surface area contributed by atoms with Crippen molar-refractivity contribution >= 4 is 61.3 Å². The van der Waals surface area contributed by atoms with Crippen LogP contribution in [0.15, 0.2) is 39.7 Å². The van der Waals surface area contributed by atoms with Gasteiger partial charge in [-0.2, -0.15) is 4.37 Å². The zero-order valence-electron chi connectivity index (χ0n) is 16.0. The maximum atomic E-state index is 9.97. The summed E-state index contributed by atoms with van der Waals surface area (Å²) in [6.07, 6.45) is -0.844. The largest absolute Gasteiger partial charge is 0.387 e. The lowest BCUT2D eigenvalue weighted by Crippen LogP contribution is -2.32. The minimum Gasteiger partial charge on any atom is -0.387 e. The number of rotatable bonds is 6. The van der Waals surface area contributed by atoms with Crippen molar-refractivity contribution in [3.63, 3.8) is 0 Å². The highest BCUT2D eigenvalue weighted by molar-refractivity contribution is 9.11. The van der Waals surface area contributed by atoms with Crippen molar-refractivity contribution in [1.29, 1.82) is 0 Å². The van der Waals surface area contributed by atoms with E-state index in [0.717, 1.165) is 31.0 Å². The van der Waals surface area contributed by atoms with Gasteiger partial charge in [0.1, 0.15) is 29.1 Å². The molecule has 3 N–H and O–H groups in total. The van der Waals surface area contributed by atoms with Crippen LogP contribution in [-0.4, -0.2) is 63.8 Å². The van der Waals surface area contributed by atoms with Crippen LogP contribution in [0.2, 0.25) is 0 Å². The van der Waals surface area contributed by atoms with Crippen LogP contribution in [-0.2, 0) is 17.0 Å². The summed E-state index contributed by atoms with van der Waals surface area (Å²) in [5.74, 6) is 0.731. The molecule has 9 nitrogen and oxygen atoms in total. The Labute approximate surface area is 193 Å². The van der Waals surface area contributed by atoms with Gasteiger partial charge in [-0.3, -0.25) is 0 Å². The van der Waals surface area contributed by atoms with E-state index >= 15 is 0 Å². The smallest absolute Gasteiger partial charge is 0.183 e. The fraction of sp³-hybridized carbons (Fsp3) is 0.368.